The van der Waals surface area contributed by atoms with Crippen LogP contribution in [0.5, 0.6) is 0 Å². The third-order valence-corrected chi connectivity index (χ3v) is 3.06. The van der Waals surface area contributed by atoms with Crippen LogP contribution in [0.25, 0.3) is 0 Å². The van der Waals surface area contributed by atoms with E-state index in [1.54, 1.807) is 0 Å². The van der Waals surface area contributed by atoms with Crippen molar-refractivity contribution in [2.45, 2.75) is 12.6 Å². The number of hydrogen-bond acceptors (Lipinski definition) is 5. The van der Waals surface area contributed by atoms with Crippen molar-refractivity contribution in [1.29, 1.82) is 0 Å². The maximum absolute atomic E-state index is 9.55. The third kappa shape index (κ3) is 0.939. The number of β-amino-alcohol motifs (C(OH)–C–C–N with tert-alkyl or cyclic N) is 1. The summed E-state index contributed by atoms with van der Waals surface area (Å²) in [7, 11) is 1.95. The van der Waals surface area contributed by atoms with Gasteiger partial charge in [-0.15, -0.1) is 0 Å². The topological polar surface area (TPSA) is 62.4 Å². The average Bonchev–Trinajstić information content (AvgIpc) is 2.55. The van der Waals surface area contributed by atoms with E-state index in [-0.39, 0.29) is 6.10 Å². The molecular weight excluding hydrogens is 174 g/mol. The van der Waals surface area contributed by atoms with Crippen LogP contribution in [0.3, 0.4) is 0 Å². The highest BCUT2D eigenvalue weighted by atomic mass is 32.1. The summed E-state index contributed by atoms with van der Waals surface area (Å²) in [5.41, 5.74) is 7.45. The van der Waals surface area contributed by atoms with E-state index in [1.807, 2.05) is 11.9 Å². The molecule has 0 saturated carbocycles. The molecule has 1 aromatic heterocycles. The van der Waals surface area contributed by atoms with Crippen molar-refractivity contribution in [3.8, 4) is 0 Å². The molecule has 0 amide bonds. The number of rotatable bonds is 1. The van der Waals surface area contributed by atoms with Gasteiger partial charge in [0.25, 0.3) is 0 Å². The summed E-state index contributed by atoms with van der Waals surface area (Å²) >= 11 is 1.35. The van der Waals surface area contributed by atoms with Crippen LogP contribution in [0.1, 0.15) is 16.7 Å². The molecule has 4 nitrogen and oxygen atoms in total. The molecule has 2 rings (SSSR count). The third-order valence-electron chi connectivity index (χ3n) is 2.09. The molecule has 0 spiro atoms. The zero-order chi connectivity index (χ0) is 8.72. The largest absolute Gasteiger partial charge is 0.386 e. The van der Waals surface area contributed by atoms with Gasteiger partial charge in [-0.25, -0.2) is 0 Å². The number of hydrogen-bond donors (Lipinski definition) is 2. The normalized spacial score (nSPS) is 21.6. The summed E-state index contributed by atoms with van der Waals surface area (Å²) in [5, 5.41) is 9.55. The second-order valence-electron chi connectivity index (χ2n) is 2.94. The van der Waals surface area contributed by atoms with E-state index in [2.05, 4.69) is 4.37 Å². The van der Waals surface area contributed by atoms with Crippen molar-refractivity contribution >= 4 is 17.2 Å². The lowest BCUT2D eigenvalue weighted by Gasteiger charge is -2.11. The van der Waals surface area contributed by atoms with Crippen LogP contribution in [-0.4, -0.2) is 23.1 Å². The Morgan fingerprint density at radius 3 is 3.25 bits per heavy atom. The Bertz CT molecular complexity index is 299. The van der Waals surface area contributed by atoms with Crippen molar-refractivity contribution in [2.75, 3.05) is 18.5 Å². The van der Waals surface area contributed by atoms with E-state index < -0.39 is 0 Å². The SMILES string of the molecule is CN1CC(O)c2snc(CN)c21. The van der Waals surface area contributed by atoms with E-state index in [1.165, 1.54) is 11.5 Å². The zero-order valence-electron chi connectivity index (χ0n) is 6.82. The molecule has 3 N–H and O–H groups in total. The Kier molecular flexibility index (Phi) is 1.79. The molecule has 0 fully saturated rings. The first-order chi connectivity index (χ1) is 5.74. The molecule has 0 saturated heterocycles. The molecule has 66 valence electrons. The molecule has 0 bridgehead atoms. The van der Waals surface area contributed by atoms with Gasteiger partial charge < -0.3 is 15.7 Å². The van der Waals surface area contributed by atoms with Crippen LogP contribution < -0.4 is 10.6 Å². The highest BCUT2D eigenvalue weighted by Gasteiger charge is 2.29. The van der Waals surface area contributed by atoms with Crippen molar-refractivity contribution in [3.05, 3.63) is 10.6 Å². The summed E-state index contributed by atoms with van der Waals surface area (Å²) in [6.45, 7) is 1.11. The van der Waals surface area contributed by atoms with Crippen LogP contribution in [0.2, 0.25) is 0 Å². The molecule has 1 aromatic rings. The van der Waals surface area contributed by atoms with Crippen LogP contribution >= 0.6 is 11.5 Å². The van der Waals surface area contributed by atoms with Crippen molar-refractivity contribution in [1.82, 2.24) is 4.37 Å². The second kappa shape index (κ2) is 2.69. The van der Waals surface area contributed by atoms with Gasteiger partial charge in [0.05, 0.1) is 16.3 Å². The second-order valence-corrected chi connectivity index (χ2v) is 3.75. The minimum absolute atomic E-state index is 0.372. The Morgan fingerprint density at radius 2 is 2.58 bits per heavy atom. The van der Waals surface area contributed by atoms with Crippen LogP contribution in [0, 0.1) is 0 Å². The van der Waals surface area contributed by atoms with E-state index in [0.29, 0.717) is 13.1 Å². The molecule has 12 heavy (non-hydrogen) atoms. The Labute approximate surface area is 74.8 Å². The van der Waals surface area contributed by atoms with E-state index in [0.717, 1.165) is 16.3 Å². The lowest BCUT2D eigenvalue weighted by atomic mass is 10.3. The molecule has 1 aliphatic rings. The van der Waals surface area contributed by atoms with E-state index >= 15 is 0 Å². The summed E-state index contributed by atoms with van der Waals surface area (Å²) in [5.74, 6) is 0. The quantitative estimate of drug-likeness (QED) is 0.650. The van der Waals surface area contributed by atoms with Crippen LogP contribution in [-0.2, 0) is 6.54 Å². The predicted molar refractivity (Wildman–Crippen MR) is 48.2 cm³/mol. The molecule has 0 radical (unpaired) electrons. The summed E-state index contributed by atoms with van der Waals surface area (Å²) < 4.78 is 4.17. The van der Waals surface area contributed by atoms with Crippen molar-refractivity contribution < 1.29 is 5.11 Å². The highest BCUT2D eigenvalue weighted by molar-refractivity contribution is 7.06. The van der Waals surface area contributed by atoms with Gasteiger partial charge in [0.15, 0.2) is 0 Å². The zero-order valence-corrected chi connectivity index (χ0v) is 7.64. The maximum atomic E-state index is 9.55. The average molecular weight is 185 g/mol. The number of aliphatic hydroxyl groups excluding tert-OH is 1. The fourth-order valence-corrected chi connectivity index (χ4v) is 2.45. The van der Waals surface area contributed by atoms with Gasteiger partial charge in [-0.3, -0.25) is 0 Å². The lowest BCUT2D eigenvalue weighted by Crippen LogP contribution is -2.17. The number of nitrogens with zero attached hydrogens (tertiary/aromatic N) is 2. The van der Waals surface area contributed by atoms with Gasteiger partial charge in [0.1, 0.15) is 6.10 Å². The first-order valence-corrected chi connectivity index (χ1v) is 4.59. The highest BCUT2D eigenvalue weighted by Crippen LogP contribution is 2.39. The molecular formula is C7H11N3OS. The van der Waals surface area contributed by atoms with Gasteiger partial charge in [0, 0.05) is 20.1 Å². The van der Waals surface area contributed by atoms with Gasteiger partial charge >= 0.3 is 0 Å². The fourth-order valence-electron chi connectivity index (χ4n) is 1.53. The van der Waals surface area contributed by atoms with Gasteiger partial charge in [-0.05, 0) is 11.5 Å². The molecule has 2 heterocycles. The Hall–Kier alpha value is -0.650. The van der Waals surface area contributed by atoms with E-state index in [9.17, 15) is 5.11 Å². The smallest absolute Gasteiger partial charge is 0.109 e. The van der Waals surface area contributed by atoms with Gasteiger partial charge in [-0.2, -0.15) is 4.37 Å². The van der Waals surface area contributed by atoms with E-state index in [4.69, 9.17) is 5.73 Å². The lowest BCUT2D eigenvalue weighted by molar-refractivity contribution is 0.198. The van der Waals surface area contributed by atoms with Crippen LogP contribution in [0.15, 0.2) is 0 Å². The summed E-state index contributed by atoms with van der Waals surface area (Å²) in [6.07, 6.45) is -0.372. The van der Waals surface area contributed by atoms with Crippen molar-refractivity contribution in [3.63, 3.8) is 0 Å². The predicted octanol–water partition coefficient (Wildman–Crippen LogP) is 0.0850. The standard InChI is InChI=1S/C7H11N3OS/c1-10-3-5(11)7-6(10)4(2-8)9-12-7/h5,11H,2-3,8H2,1H3. The number of fused-ring (bicyclic) bond motifs is 1. The minimum atomic E-state index is -0.372. The first kappa shape index (κ1) is 7.97. The van der Waals surface area contributed by atoms with Gasteiger partial charge in [0.2, 0.25) is 0 Å². The number of anilines is 1. The molecule has 1 unspecified atom stereocenters. The number of aromatic nitrogens is 1. The number of nitrogens with two attached hydrogens (primary N) is 1. The molecule has 1 aliphatic heterocycles. The molecule has 0 aromatic carbocycles. The molecule has 0 aliphatic carbocycles. The summed E-state index contributed by atoms with van der Waals surface area (Å²) in [6, 6.07) is 0. The Balaban J connectivity index is 2.48. The molecule has 5 heteroatoms. The first-order valence-electron chi connectivity index (χ1n) is 3.81. The fraction of sp³-hybridized carbons (Fsp3) is 0.571. The number of aliphatic hydroxyl groups is 1. The summed E-state index contributed by atoms with van der Waals surface area (Å²) in [4.78, 5) is 2.96. The molecule has 1 atom stereocenters. The minimum Gasteiger partial charge on any atom is -0.386 e. The Morgan fingerprint density at radius 1 is 1.83 bits per heavy atom. The monoisotopic (exact) mass is 185 g/mol. The maximum Gasteiger partial charge on any atom is 0.109 e. The van der Waals surface area contributed by atoms with Crippen LogP contribution in [0.4, 0.5) is 5.69 Å². The number of likely N-dealkylation sites (N-methyl/N-ethyl adjacent to an activating group) is 1. The van der Waals surface area contributed by atoms with Gasteiger partial charge in [-0.1, -0.05) is 0 Å². The van der Waals surface area contributed by atoms with Crippen molar-refractivity contribution in [2.24, 2.45) is 5.73 Å².